The predicted molar refractivity (Wildman–Crippen MR) is 115 cm³/mol. The zero-order chi connectivity index (χ0) is 21.7. The Balaban J connectivity index is 1.63. The molecule has 1 N–H and O–H groups in total. The predicted octanol–water partition coefficient (Wildman–Crippen LogP) is 2.28. The van der Waals surface area contributed by atoms with Gasteiger partial charge >= 0.3 is 0 Å². The number of hydrogen-bond donors (Lipinski definition) is 1. The molecule has 1 saturated heterocycles. The Kier molecular flexibility index (Phi) is 6.56. The molecule has 0 unspecified atom stereocenters. The van der Waals surface area contributed by atoms with Gasteiger partial charge in [-0.05, 0) is 36.6 Å². The average Bonchev–Trinajstić information content (AvgIpc) is 3.25. The molecule has 30 heavy (non-hydrogen) atoms. The summed E-state index contributed by atoms with van der Waals surface area (Å²) in [6, 6.07) is 13.1. The second kappa shape index (κ2) is 9.12. The maximum absolute atomic E-state index is 12.4. The van der Waals surface area contributed by atoms with Gasteiger partial charge in [0.05, 0.1) is 16.9 Å². The Morgan fingerprint density at radius 2 is 1.83 bits per heavy atom. The van der Waals surface area contributed by atoms with Crippen molar-refractivity contribution >= 4 is 33.0 Å². The molecule has 2 aromatic rings. The van der Waals surface area contributed by atoms with Gasteiger partial charge in [0.1, 0.15) is 6.54 Å². The van der Waals surface area contributed by atoms with E-state index in [0.717, 1.165) is 41.0 Å². The van der Waals surface area contributed by atoms with Crippen LogP contribution >= 0.6 is 0 Å². The third-order valence-corrected chi connectivity index (χ3v) is 6.05. The molecule has 3 rings (SSSR count). The number of non-ortho nitro benzene ring substituents is 1. The van der Waals surface area contributed by atoms with Crippen molar-refractivity contribution < 1.29 is 18.1 Å². The Morgan fingerprint density at radius 3 is 2.43 bits per heavy atom. The summed E-state index contributed by atoms with van der Waals surface area (Å²) in [6.07, 6.45) is 3.34. The number of nitrogens with one attached hydrogen (secondary N) is 1. The van der Waals surface area contributed by atoms with Crippen LogP contribution in [0.1, 0.15) is 18.4 Å². The highest BCUT2D eigenvalue weighted by Crippen LogP contribution is 2.23. The number of rotatable bonds is 8. The lowest BCUT2D eigenvalue weighted by atomic mass is 10.2. The maximum Gasteiger partial charge on any atom is 0.271 e. The van der Waals surface area contributed by atoms with E-state index in [2.05, 4.69) is 10.2 Å². The summed E-state index contributed by atoms with van der Waals surface area (Å²) in [4.78, 5) is 25.0. The van der Waals surface area contributed by atoms with E-state index in [4.69, 9.17) is 0 Å². The molecule has 2 aromatic carbocycles. The van der Waals surface area contributed by atoms with Crippen molar-refractivity contribution in [2.24, 2.45) is 0 Å². The number of nitro groups is 1. The number of carbonyl (C=O) groups excluding carboxylic acids is 1. The molecule has 1 aliphatic heterocycles. The van der Waals surface area contributed by atoms with Crippen LogP contribution in [0.15, 0.2) is 48.5 Å². The van der Waals surface area contributed by atoms with Gasteiger partial charge in [-0.2, -0.15) is 0 Å². The molecule has 1 aliphatic rings. The normalized spacial score (nSPS) is 13.8. The molecule has 1 fully saturated rings. The number of nitro benzene ring substituents is 1. The Bertz CT molecular complexity index is 1020. The van der Waals surface area contributed by atoms with E-state index in [0.29, 0.717) is 0 Å². The van der Waals surface area contributed by atoms with Crippen molar-refractivity contribution in [3.63, 3.8) is 0 Å². The summed E-state index contributed by atoms with van der Waals surface area (Å²) in [5.41, 5.74) is 1.86. The van der Waals surface area contributed by atoms with Crippen LogP contribution in [0.5, 0.6) is 0 Å². The average molecular weight is 433 g/mol. The van der Waals surface area contributed by atoms with Crippen molar-refractivity contribution in [1.82, 2.24) is 5.32 Å². The molecule has 1 heterocycles. The molecule has 10 heteroatoms. The summed E-state index contributed by atoms with van der Waals surface area (Å²) < 4.78 is 25.2. The first kappa shape index (κ1) is 21.6. The van der Waals surface area contributed by atoms with Gasteiger partial charge in [-0.15, -0.1) is 0 Å². The van der Waals surface area contributed by atoms with Crippen LogP contribution in [0.3, 0.4) is 0 Å². The van der Waals surface area contributed by atoms with E-state index < -0.39 is 27.4 Å². The van der Waals surface area contributed by atoms with Crippen molar-refractivity contribution in [1.29, 1.82) is 0 Å². The molecule has 0 atom stereocenters. The Labute approximate surface area is 175 Å². The van der Waals surface area contributed by atoms with Gasteiger partial charge in [-0.3, -0.25) is 19.2 Å². The van der Waals surface area contributed by atoms with Crippen LogP contribution in [-0.2, 0) is 21.4 Å². The van der Waals surface area contributed by atoms with Gasteiger partial charge in [-0.1, -0.05) is 18.2 Å². The second-order valence-corrected chi connectivity index (χ2v) is 9.09. The van der Waals surface area contributed by atoms with Crippen LogP contribution in [0.4, 0.5) is 17.1 Å². The fourth-order valence-corrected chi connectivity index (χ4v) is 4.20. The highest BCUT2D eigenvalue weighted by Gasteiger charge is 2.22. The van der Waals surface area contributed by atoms with Gasteiger partial charge in [0.15, 0.2) is 0 Å². The quantitative estimate of drug-likeness (QED) is 0.506. The first-order valence-corrected chi connectivity index (χ1v) is 11.4. The molecule has 9 nitrogen and oxygen atoms in total. The Morgan fingerprint density at radius 1 is 1.17 bits per heavy atom. The van der Waals surface area contributed by atoms with E-state index >= 15 is 0 Å². The lowest BCUT2D eigenvalue weighted by Gasteiger charge is -2.21. The first-order valence-electron chi connectivity index (χ1n) is 9.57. The molecule has 0 aliphatic carbocycles. The zero-order valence-corrected chi connectivity index (χ0v) is 17.5. The van der Waals surface area contributed by atoms with Crippen molar-refractivity contribution in [3.8, 4) is 0 Å². The SMILES string of the molecule is CS(=O)(=O)N(CC(=O)NCc1ccc(N2CCCC2)cc1)c1cccc([N+](=O)[O-])c1. The zero-order valence-electron chi connectivity index (χ0n) is 16.7. The van der Waals surface area contributed by atoms with E-state index in [9.17, 15) is 23.3 Å². The number of benzene rings is 2. The number of carbonyl (C=O) groups is 1. The summed E-state index contributed by atoms with van der Waals surface area (Å²) in [7, 11) is -3.81. The van der Waals surface area contributed by atoms with Crippen LogP contribution in [-0.4, -0.2) is 45.1 Å². The first-order chi connectivity index (χ1) is 14.2. The Hall–Kier alpha value is -3.14. The van der Waals surface area contributed by atoms with Crippen molar-refractivity contribution in [3.05, 3.63) is 64.2 Å². The maximum atomic E-state index is 12.4. The van der Waals surface area contributed by atoms with Gasteiger partial charge < -0.3 is 10.2 Å². The summed E-state index contributed by atoms with van der Waals surface area (Å²) in [6.45, 7) is 1.89. The van der Waals surface area contributed by atoms with Crippen LogP contribution < -0.4 is 14.5 Å². The van der Waals surface area contributed by atoms with E-state index in [1.165, 1.54) is 31.0 Å². The molecule has 0 aromatic heterocycles. The number of nitrogens with zero attached hydrogens (tertiary/aromatic N) is 3. The second-order valence-electron chi connectivity index (χ2n) is 7.18. The fraction of sp³-hybridized carbons (Fsp3) is 0.350. The van der Waals surface area contributed by atoms with Crippen LogP contribution in [0.25, 0.3) is 0 Å². The third kappa shape index (κ3) is 5.47. The van der Waals surface area contributed by atoms with E-state index in [1.807, 2.05) is 24.3 Å². The van der Waals surface area contributed by atoms with Crippen molar-refractivity contribution in [2.75, 3.05) is 35.1 Å². The largest absolute Gasteiger partial charge is 0.372 e. The minimum atomic E-state index is -3.81. The lowest BCUT2D eigenvalue weighted by Crippen LogP contribution is -2.40. The van der Waals surface area contributed by atoms with Gasteiger partial charge in [0, 0.05) is 37.5 Å². The standard InChI is InChI=1S/C20H24N4O5S/c1-30(28,29)23(18-5-4-6-19(13-18)24(26)27)15-20(25)21-14-16-7-9-17(10-8-16)22-11-2-3-12-22/h4-10,13H,2-3,11-12,14-15H2,1H3,(H,21,25). The van der Waals surface area contributed by atoms with E-state index in [-0.39, 0.29) is 17.9 Å². The molecule has 160 valence electrons. The van der Waals surface area contributed by atoms with Gasteiger partial charge in [0.2, 0.25) is 15.9 Å². The smallest absolute Gasteiger partial charge is 0.271 e. The number of hydrogen-bond acceptors (Lipinski definition) is 6. The third-order valence-electron chi connectivity index (χ3n) is 4.91. The molecule has 0 bridgehead atoms. The molecule has 0 radical (unpaired) electrons. The van der Waals surface area contributed by atoms with Crippen LogP contribution in [0, 0.1) is 10.1 Å². The highest BCUT2D eigenvalue weighted by molar-refractivity contribution is 7.92. The van der Waals surface area contributed by atoms with E-state index in [1.54, 1.807) is 0 Å². The number of amides is 1. The van der Waals surface area contributed by atoms with Crippen LogP contribution in [0.2, 0.25) is 0 Å². The minimum Gasteiger partial charge on any atom is -0.372 e. The highest BCUT2D eigenvalue weighted by atomic mass is 32.2. The number of sulfonamides is 1. The molecule has 0 saturated carbocycles. The monoisotopic (exact) mass is 432 g/mol. The minimum absolute atomic E-state index is 0.0665. The molecule has 1 amide bonds. The molecular weight excluding hydrogens is 408 g/mol. The topological polar surface area (TPSA) is 113 Å². The van der Waals surface area contributed by atoms with Gasteiger partial charge in [0.25, 0.3) is 5.69 Å². The molecular formula is C20H24N4O5S. The lowest BCUT2D eigenvalue weighted by molar-refractivity contribution is -0.384. The fourth-order valence-electron chi connectivity index (χ4n) is 3.35. The summed E-state index contributed by atoms with van der Waals surface area (Å²) in [5.74, 6) is -0.504. The summed E-state index contributed by atoms with van der Waals surface area (Å²) in [5, 5.41) is 13.7. The summed E-state index contributed by atoms with van der Waals surface area (Å²) >= 11 is 0. The number of anilines is 2. The van der Waals surface area contributed by atoms with Crippen molar-refractivity contribution in [2.45, 2.75) is 19.4 Å². The molecule has 0 spiro atoms. The van der Waals surface area contributed by atoms with Gasteiger partial charge in [-0.25, -0.2) is 8.42 Å².